The number of rotatable bonds is 6. The van der Waals surface area contributed by atoms with E-state index in [1.807, 2.05) is 0 Å². The molecule has 0 aliphatic heterocycles. The third-order valence-electron chi connectivity index (χ3n) is 3.88. The molecule has 0 fully saturated rings. The Labute approximate surface area is 169 Å². The van der Waals surface area contributed by atoms with Crippen LogP contribution >= 0.6 is 11.3 Å². The third kappa shape index (κ3) is 4.58. The van der Waals surface area contributed by atoms with Crippen molar-refractivity contribution in [2.45, 2.75) is 0 Å². The molecular formula is C20H12N4O4S. The van der Waals surface area contributed by atoms with Crippen LogP contribution in [-0.4, -0.2) is 14.8 Å². The molecule has 9 heteroatoms. The molecule has 8 nitrogen and oxygen atoms in total. The fourth-order valence-corrected chi connectivity index (χ4v) is 3.31. The number of benzene rings is 2. The second kappa shape index (κ2) is 8.69. The Kier molecular flexibility index (Phi) is 5.87. The van der Waals surface area contributed by atoms with E-state index in [-0.39, 0.29) is 16.9 Å². The lowest BCUT2D eigenvalue weighted by Gasteiger charge is -1.97. The molecule has 0 aliphatic rings. The van der Waals surface area contributed by atoms with Gasteiger partial charge in [-0.1, -0.05) is 30.3 Å². The number of allylic oxidation sites excluding steroid dienone is 3. The molecule has 3 aromatic rings. The fourth-order valence-electron chi connectivity index (χ4n) is 2.51. The van der Waals surface area contributed by atoms with Crippen LogP contribution in [0.4, 0.5) is 11.4 Å². The van der Waals surface area contributed by atoms with Gasteiger partial charge in [0.1, 0.15) is 11.1 Å². The number of nitriles is 1. The van der Waals surface area contributed by atoms with Gasteiger partial charge in [0.15, 0.2) is 0 Å². The zero-order chi connectivity index (χ0) is 20.8. The van der Waals surface area contributed by atoms with Crippen LogP contribution in [0.15, 0.2) is 66.1 Å². The highest BCUT2D eigenvalue weighted by molar-refractivity contribution is 7.11. The van der Waals surface area contributed by atoms with Gasteiger partial charge in [-0.05, 0) is 18.2 Å². The predicted molar refractivity (Wildman–Crippen MR) is 110 cm³/mol. The summed E-state index contributed by atoms with van der Waals surface area (Å²) in [5.41, 5.74) is 1.73. The van der Waals surface area contributed by atoms with Crippen molar-refractivity contribution in [1.29, 1.82) is 5.26 Å². The fraction of sp³-hybridized carbons (Fsp3) is 0. The monoisotopic (exact) mass is 404 g/mol. The Bertz CT molecular complexity index is 1190. The normalized spacial score (nSPS) is 11.3. The van der Waals surface area contributed by atoms with Crippen LogP contribution in [-0.2, 0) is 0 Å². The molecule has 3 rings (SSSR count). The number of nitro groups is 2. The van der Waals surface area contributed by atoms with Gasteiger partial charge >= 0.3 is 0 Å². The van der Waals surface area contributed by atoms with E-state index in [0.29, 0.717) is 21.8 Å². The van der Waals surface area contributed by atoms with Crippen LogP contribution in [0.1, 0.15) is 10.6 Å². The summed E-state index contributed by atoms with van der Waals surface area (Å²) in [5, 5.41) is 33.6. The first kappa shape index (κ1) is 19.6. The first-order valence-corrected chi connectivity index (χ1v) is 9.10. The Morgan fingerprint density at radius 3 is 2.62 bits per heavy atom. The molecule has 0 aliphatic carbocycles. The van der Waals surface area contributed by atoms with Crippen molar-refractivity contribution in [2.75, 3.05) is 0 Å². The van der Waals surface area contributed by atoms with Crippen molar-refractivity contribution in [2.24, 2.45) is 0 Å². The van der Waals surface area contributed by atoms with Gasteiger partial charge in [-0.15, -0.1) is 11.3 Å². The molecule has 0 amide bonds. The number of hydrogen-bond donors (Lipinski definition) is 0. The summed E-state index contributed by atoms with van der Waals surface area (Å²) in [6.45, 7) is 0. The average molecular weight is 404 g/mol. The number of non-ortho nitro benzene ring substituents is 1. The largest absolute Gasteiger partial charge is 0.276 e. The first-order chi connectivity index (χ1) is 14.0. The molecule has 2 aromatic carbocycles. The van der Waals surface area contributed by atoms with Crippen molar-refractivity contribution in [3.63, 3.8) is 0 Å². The molecule has 1 heterocycles. The summed E-state index contributed by atoms with van der Waals surface area (Å²) in [4.78, 5) is 25.4. The van der Waals surface area contributed by atoms with Crippen LogP contribution in [0.25, 0.3) is 22.9 Å². The van der Waals surface area contributed by atoms with Gasteiger partial charge in [-0.2, -0.15) is 5.26 Å². The number of hydrogen-bond acceptors (Lipinski definition) is 7. The molecule has 0 radical (unpaired) electrons. The maximum absolute atomic E-state index is 11.1. The molecule has 0 bridgehead atoms. The number of nitro benzene ring substituents is 2. The van der Waals surface area contributed by atoms with E-state index >= 15 is 0 Å². The van der Waals surface area contributed by atoms with Crippen molar-refractivity contribution < 1.29 is 9.85 Å². The average Bonchev–Trinajstić information content (AvgIpc) is 3.21. The lowest BCUT2D eigenvalue weighted by Crippen LogP contribution is -1.90. The minimum absolute atomic E-state index is 0.0298. The third-order valence-corrected chi connectivity index (χ3v) is 4.76. The SMILES string of the molecule is N#C/C(=C\C=C\c1ccccc1[N+](=O)[O-])c1nc(-c2cccc([N+](=O)[O-])c2)cs1. The van der Waals surface area contributed by atoms with Crippen LogP contribution in [0.3, 0.4) is 0 Å². The van der Waals surface area contributed by atoms with E-state index < -0.39 is 9.85 Å². The van der Waals surface area contributed by atoms with E-state index in [4.69, 9.17) is 0 Å². The zero-order valence-electron chi connectivity index (χ0n) is 14.8. The van der Waals surface area contributed by atoms with Gasteiger partial charge < -0.3 is 0 Å². The van der Waals surface area contributed by atoms with Gasteiger partial charge in [0.25, 0.3) is 11.4 Å². The highest BCUT2D eigenvalue weighted by Gasteiger charge is 2.12. The lowest BCUT2D eigenvalue weighted by molar-refractivity contribution is -0.385. The quantitative estimate of drug-likeness (QED) is 0.239. The highest BCUT2D eigenvalue weighted by Crippen LogP contribution is 2.28. The minimum Gasteiger partial charge on any atom is -0.258 e. The number of thiazole rings is 1. The molecule has 0 N–H and O–H groups in total. The van der Waals surface area contributed by atoms with Gasteiger partial charge in [0.2, 0.25) is 0 Å². The zero-order valence-corrected chi connectivity index (χ0v) is 15.6. The Morgan fingerprint density at radius 1 is 1.10 bits per heavy atom. The van der Waals surface area contributed by atoms with Crippen LogP contribution in [0, 0.1) is 31.6 Å². The molecule has 0 spiro atoms. The van der Waals surface area contributed by atoms with Crippen LogP contribution < -0.4 is 0 Å². The van der Waals surface area contributed by atoms with Crippen molar-refractivity contribution in [3.05, 3.63) is 96.9 Å². The smallest absolute Gasteiger partial charge is 0.258 e. The van der Waals surface area contributed by atoms with Crippen molar-refractivity contribution in [1.82, 2.24) is 4.98 Å². The Hall–Kier alpha value is -4.16. The van der Waals surface area contributed by atoms with Gasteiger partial charge in [-0.25, -0.2) is 4.98 Å². The summed E-state index contributed by atoms with van der Waals surface area (Å²) in [5.74, 6) is 0. The number of para-hydroxylation sites is 1. The van der Waals surface area contributed by atoms with Gasteiger partial charge in [0, 0.05) is 29.1 Å². The molecule has 0 unspecified atom stereocenters. The second-order valence-electron chi connectivity index (χ2n) is 5.71. The Balaban J connectivity index is 1.87. The number of nitrogens with zero attached hydrogens (tertiary/aromatic N) is 4. The van der Waals surface area contributed by atoms with E-state index in [2.05, 4.69) is 11.1 Å². The lowest BCUT2D eigenvalue weighted by atomic mass is 10.1. The molecule has 0 saturated heterocycles. The molecule has 0 saturated carbocycles. The summed E-state index contributed by atoms with van der Waals surface area (Å²) in [6.07, 6.45) is 4.62. The minimum atomic E-state index is -0.481. The summed E-state index contributed by atoms with van der Waals surface area (Å²) < 4.78 is 0. The van der Waals surface area contributed by atoms with E-state index in [1.165, 1.54) is 35.6 Å². The maximum atomic E-state index is 11.1. The Morgan fingerprint density at radius 2 is 1.90 bits per heavy atom. The molecule has 142 valence electrons. The summed E-state index contributed by atoms with van der Waals surface area (Å²) in [6, 6.07) is 14.4. The van der Waals surface area contributed by atoms with Gasteiger partial charge in [-0.3, -0.25) is 20.2 Å². The highest BCUT2D eigenvalue weighted by atomic mass is 32.1. The van der Waals surface area contributed by atoms with Crippen LogP contribution in [0.2, 0.25) is 0 Å². The second-order valence-corrected chi connectivity index (χ2v) is 6.57. The molecule has 1 aromatic heterocycles. The molecule has 0 atom stereocenters. The molecular weight excluding hydrogens is 392 g/mol. The van der Waals surface area contributed by atoms with E-state index in [9.17, 15) is 25.5 Å². The van der Waals surface area contributed by atoms with Crippen LogP contribution in [0.5, 0.6) is 0 Å². The van der Waals surface area contributed by atoms with Crippen molar-refractivity contribution in [3.8, 4) is 17.3 Å². The standard InChI is InChI=1S/C20H12N4O4S/c21-12-16(8-3-6-14-5-1-2-10-19(14)24(27)28)20-22-18(13-29-20)15-7-4-9-17(11-15)23(25)26/h1-11,13H/b6-3+,16-8+. The summed E-state index contributed by atoms with van der Waals surface area (Å²) in [7, 11) is 0. The van der Waals surface area contributed by atoms with E-state index in [1.54, 1.807) is 47.9 Å². The summed E-state index contributed by atoms with van der Waals surface area (Å²) >= 11 is 1.23. The topological polar surface area (TPSA) is 123 Å². The van der Waals surface area contributed by atoms with E-state index in [0.717, 1.165) is 0 Å². The first-order valence-electron chi connectivity index (χ1n) is 8.22. The number of aromatic nitrogens is 1. The maximum Gasteiger partial charge on any atom is 0.276 e. The predicted octanol–water partition coefficient (Wildman–Crippen LogP) is 5.25. The van der Waals surface area contributed by atoms with Gasteiger partial charge in [0.05, 0.1) is 26.7 Å². The van der Waals surface area contributed by atoms with Crippen molar-refractivity contribution >= 4 is 34.4 Å². The molecule has 29 heavy (non-hydrogen) atoms.